The monoisotopic (exact) mass is 314 g/mol. The van der Waals surface area contributed by atoms with Crippen molar-refractivity contribution in [1.29, 1.82) is 0 Å². The summed E-state index contributed by atoms with van der Waals surface area (Å²) in [6.07, 6.45) is 1.37. The molecule has 4 nitrogen and oxygen atoms in total. The van der Waals surface area contributed by atoms with E-state index in [9.17, 15) is 8.78 Å². The Morgan fingerprint density at radius 1 is 1.38 bits per heavy atom. The van der Waals surface area contributed by atoms with Crippen LogP contribution >= 0.6 is 11.6 Å². The van der Waals surface area contributed by atoms with Crippen molar-refractivity contribution in [2.24, 2.45) is 0 Å². The standard InChI is InChI=1S/C14H17ClF2N4/c1-14(2,10-4-3-5-11(15)13(10)17)19-8-12-18-9-20-21(12)7-6-16/h3-5,9,19H,6-8H2,1-2H3. The molecule has 2 rings (SSSR count). The summed E-state index contributed by atoms with van der Waals surface area (Å²) in [5, 5.41) is 7.23. The molecule has 0 saturated carbocycles. The van der Waals surface area contributed by atoms with Crippen LogP contribution in [0.2, 0.25) is 5.02 Å². The lowest BCUT2D eigenvalue weighted by Gasteiger charge is -2.27. The van der Waals surface area contributed by atoms with Crippen LogP contribution in [0.25, 0.3) is 0 Å². The van der Waals surface area contributed by atoms with Crippen LogP contribution in [0.15, 0.2) is 24.5 Å². The summed E-state index contributed by atoms with van der Waals surface area (Å²) < 4.78 is 28.0. The van der Waals surface area contributed by atoms with E-state index in [2.05, 4.69) is 15.4 Å². The Hall–Kier alpha value is -1.53. The smallest absolute Gasteiger partial charge is 0.146 e. The van der Waals surface area contributed by atoms with Gasteiger partial charge in [-0.3, -0.25) is 0 Å². The van der Waals surface area contributed by atoms with Gasteiger partial charge < -0.3 is 5.32 Å². The normalized spacial score (nSPS) is 11.9. The summed E-state index contributed by atoms with van der Waals surface area (Å²) in [5.41, 5.74) is -0.187. The molecule has 1 heterocycles. The average molecular weight is 315 g/mol. The van der Waals surface area contributed by atoms with Crippen molar-refractivity contribution in [3.05, 3.63) is 46.8 Å². The second kappa shape index (κ2) is 6.49. The van der Waals surface area contributed by atoms with Gasteiger partial charge in [-0.15, -0.1) is 0 Å². The molecule has 21 heavy (non-hydrogen) atoms. The third kappa shape index (κ3) is 3.57. The molecule has 1 N–H and O–H groups in total. The van der Waals surface area contributed by atoms with Crippen LogP contribution in [0.5, 0.6) is 0 Å². The Bertz CT molecular complexity index is 613. The van der Waals surface area contributed by atoms with Crippen LogP contribution < -0.4 is 5.32 Å². The second-order valence-corrected chi connectivity index (χ2v) is 5.58. The highest BCUT2D eigenvalue weighted by Gasteiger charge is 2.25. The minimum atomic E-state index is -0.651. The number of hydrogen-bond acceptors (Lipinski definition) is 3. The molecule has 0 radical (unpaired) electrons. The van der Waals surface area contributed by atoms with Crippen LogP contribution in [0.1, 0.15) is 25.2 Å². The van der Waals surface area contributed by atoms with Gasteiger partial charge in [0.2, 0.25) is 0 Å². The summed E-state index contributed by atoms with van der Waals surface area (Å²) in [5.74, 6) is 0.157. The molecule has 0 saturated heterocycles. The zero-order valence-corrected chi connectivity index (χ0v) is 12.7. The first-order valence-corrected chi connectivity index (χ1v) is 6.95. The van der Waals surface area contributed by atoms with Gasteiger partial charge >= 0.3 is 0 Å². The molecule has 0 bridgehead atoms. The molecule has 7 heteroatoms. The predicted molar refractivity (Wildman–Crippen MR) is 77.3 cm³/mol. The highest BCUT2D eigenvalue weighted by atomic mass is 35.5. The number of nitrogens with one attached hydrogen (secondary N) is 1. The highest BCUT2D eigenvalue weighted by Crippen LogP contribution is 2.27. The number of hydrogen-bond donors (Lipinski definition) is 1. The zero-order valence-electron chi connectivity index (χ0n) is 11.9. The van der Waals surface area contributed by atoms with E-state index < -0.39 is 18.0 Å². The van der Waals surface area contributed by atoms with Crippen molar-refractivity contribution in [3.8, 4) is 0 Å². The molecular weight excluding hydrogens is 298 g/mol. The second-order valence-electron chi connectivity index (χ2n) is 5.17. The number of halogens is 3. The molecule has 114 valence electrons. The van der Waals surface area contributed by atoms with Gasteiger partial charge in [-0.1, -0.05) is 23.7 Å². The van der Waals surface area contributed by atoms with Crippen LogP contribution in [-0.2, 0) is 18.6 Å². The van der Waals surface area contributed by atoms with E-state index in [-0.39, 0.29) is 11.6 Å². The fourth-order valence-electron chi connectivity index (χ4n) is 2.07. The van der Waals surface area contributed by atoms with Crippen LogP contribution in [0.4, 0.5) is 8.78 Å². The molecule has 0 aliphatic carbocycles. The molecule has 1 aromatic carbocycles. The van der Waals surface area contributed by atoms with E-state index >= 15 is 0 Å². The predicted octanol–water partition coefficient (Wildman–Crippen LogP) is 3.07. The molecular formula is C14H17ClF2N4. The molecule has 0 aliphatic heterocycles. The zero-order chi connectivity index (χ0) is 15.5. The van der Waals surface area contributed by atoms with Crippen molar-refractivity contribution in [1.82, 2.24) is 20.1 Å². The molecule has 0 unspecified atom stereocenters. The number of alkyl halides is 1. The van der Waals surface area contributed by atoms with Gasteiger partial charge in [0.25, 0.3) is 0 Å². The summed E-state index contributed by atoms with van der Waals surface area (Å²) in [4.78, 5) is 4.07. The third-order valence-electron chi connectivity index (χ3n) is 3.31. The number of nitrogens with zero attached hydrogens (tertiary/aromatic N) is 3. The van der Waals surface area contributed by atoms with Gasteiger partial charge in [-0.05, 0) is 19.9 Å². The molecule has 2 aromatic rings. The molecule has 1 aromatic heterocycles. The van der Waals surface area contributed by atoms with Crippen LogP contribution in [0, 0.1) is 5.82 Å². The topological polar surface area (TPSA) is 42.7 Å². The summed E-state index contributed by atoms with van der Waals surface area (Å²) in [6.45, 7) is 3.68. The first-order chi connectivity index (χ1) is 9.95. The first kappa shape index (κ1) is 15.9. The Balaban J connectivity index is 2.14. The number of benzene rings is 1. The van der Waals surface area contributed by atoms with Crippen molar-refractivity contribution < 1.29 is 8.78 Å². The SMILES string of the molecule is CC(C)(NCc1ncnn1CCF)c1cccc(Cl)c1F. The van der Waals surface area contributed by atoms with Crippen molar-refractivity contribution in [2.75, 3.05) is 6.67 Å². The van der Waals surface area contributed by atoms with Gasteiger partial charge in [0, 0.05) is 11.1 Å². The van der Waals surface area contributed by atoms with E-state index in [1.165, 1.54) is 17.1 Å². The van der Waals surface area contributed by atoms with Crippen molar-refractivity contribution >= 4 is 11.6 Å². The van der Waals surface area contributed by atoms with Gasteiger partial charge in [-0.25, -0.2) is 18.4 Å². The fourth-order valence-corrected chi connectivity index (χ4v) is 2.25. The van der Waals surface area contributed by atoms with E-state index in [1.807, 2.05) is 13.8 Å². The number of aromatic nitrogens is 3. The van der Waals surface area contributed by atoms with Crippen LogP contribution in [-0.4, -0.2) is 21.4 Å². The van der Waals surface area contributed by atoms with E-state index in [1.54, 1.807) is 12.1 Å². The minimum absolute atomic E-state index is 0.0861. The minimum Gasteiger partial charge on any atom is -0.301 e. The van der Waals surface area contributed by atoms with Crippen molar-refractivity contribution in [2.45, 2.75) is 32.5 Å². The van der Waals surface area contributed by atoms with Gasteiger partial charge in [0.1, 0.15) is 24.6 Å². The van der Waals surface area contributed by atoms with Gasteiger partial charge in [0.15, 0.2) is 0 Å². The quantitative estimate of drug-likeness (QED) is 0.891. The molecule has 0 spiro atoms. The Morgan fingerprint density at radius 2 is 2.14 bits per heavy atom. The lowest BCUT2D eigenvalue weighted by atomic mass is 9.93. The maximum absolute atomic E-state index is 14.1. The van der Waals surface area contributed by atoms with Crippen LogP contribution in [0.3, 0.4) is 0 Å². The van der Waals surface area contributed by atoms with E-state index in [4.69, 9.17) is 11.6 Å². The van der Waals surface area contributed by atoms with Crippen molar-refractivity contribution in [3.63, 3.8) is 0 Å². The lowest BCUT2D eigenvalue weighted by molar-refractivity contribution is 0.364. The largest absolute Gasteiger partial charge is 0.301 e. The molecule has 0 aliphatic rings. The maximum atomic E-state index is 14.1. The highest BCUT2D eigenvalue weighted by molar-refractivity contribution is 6.30. The first-order valence-electron chi connectivity index (χ1n) is 6.58. The summed E-state index contributed by atoms with van der Waals surface area (Å²) >= 11 is 5.82. The fraction of sp³-hybridized carbons (Fsp3) is 0.429. The van der Waals surface area contributed by atoms with Gasteiger partial charge in [-0.2, -0.15) is 5.10 Å². The Kier molecular flexibility index (Phi) is 4.90. The maximum Gasteiger partial charge on any atom is 0.146 e. The molecule has 0 atom stereocenters. The average Bonchev–Trinajstić information content (AvgIpc) is 2.87. The number of aryl methyl sites for hydroxylation is 1. The Labute approximate surface area is 127 Å². The summed E-state index contributed by atoms with van der Waals surface area (Å²) in [6, 6.07) is 4.89. The molecule has 0 fully saturated rings. The molecule has 0 amide bonds. The van der Waals surface area contributed by atoms with E-state index in [0.717, 1.165) is 0 Å². The summed E-state index contributed by atoms with van der Waals surface area (Å²) in [7, 11) is 0. The lowest BCUT2D eigenvalue weighted by Crippen LogP contribution is -2.37. The van der Waals surface area contributed by atoms with E-state index in [0.29, 0.717) is 17.9 Å². The number of rotatable bonds is 6. The van der Waals surface area contributed by atoms with Gasteiger partial charge in [0.05, 0.1) is 18.1 Å². The third-order valence-corrected chi connectivity index (χ3v) is 3.60. The Morgan fingerprint density at radius 3 is 2.86 bits per heavy atom.